The molecule has 1 aliphatic rings. The normalized spacial score (nSPS) is 19.8. The molecule has 3 aromatic heterocycles. The van der Waals surface area contributed by atoms with Crippen LogP contribution in [0.5, 0.6) is 0 Å². The van der Waals surface area contributed by atoms with Gasteiger partial charge in [-0.15, -0.1) is 0 Å². The van der Waals surface area contributed by atoms with Crippen molar-refractivity contribution in [2.45, 2.75) is 25.4 Å². The third-order valence-corrected chi connectivity index (χ3v) is 4.92. The highest BCUT2D eigenvalue weighted by molar-refractivity contribution is 5.74. The van der Waals surface area contributed by atoms with Gasteiger partial charge in [-0.2, -0.15) is 13.2 Å². The molecule has 1 amide bonds. The minimum Gasteiger partial charge on any atom is -0.465 e. The number of aromatic nitrogens is 4. The Hall–Kier alpha value is -2.82. The van der Waals surface area contributed by atoms with E-state index in [4.69, 9.17) is 0 Å². The maximum absolute atomic E-state index is 11.3. The molecule has 11 heteroatoms. The Morgan fingerprint density at radius 1 is 1.36 bits per heavy atom. The monoisotopic (exact) mass is 398 g/mol. The number of carbonyl (C=O) groups is 1. The number of aromatic amines is 1. The molecule has 4 N–H and O–H groups in total. The SMILES string of the molecule is CC[C@@H]1CN(C(=O)O)C[C@@H]1c1cnc2cnc3[nH]ccc3n12.NCC(F)(F)F. The van der Waals surface area contributed by atoms with Crippen LogP contribution in [0.25, 0.3) is 16.8 Å². The predicted octanol–water partition coefficient (Wildman–Crippen LogP) is 2.82. The van der Waals surface area contributed by atoms with Gasteiger partial charge in [0.2, 0.25) is 0 Å². The predicted molar refractivity (Wildman–Crippen MR) is 96.1 cm³/mol. The van der Waals surface area contributed by atoms with Crippen LogP contribution in [-0.4, -0.2) is 61.3 Å². The number of hydrogen-bond donors (Lipinski definition) is 3. The highest BCUT2D eigenvalue weighted by Crippen LogP contribution is 2.35. The fourth-order valence-electron chi connectivity index (χ4n) is 3.53. The molecule has 0 bridgehead atoms. The third-order valence-electron chi connectivity index (χ3n) is 4.92. The molecule has 1 aliphatic heterocycles. The van der Waals surface area contributed by atoms with Crippen molar-refractivity contribution in [3.05, 3.63) is 30.4 Å². The Bertz CT molecular complexity index is 967. The van der Waals surface area contributed by atoms with Crippen LogP contribution in [0.2, 0.25) is 0 Å². The number of H-pyrrole nitrogens is 1. The fraction of sp³-hybridized carbons (Fsp3) is 0.471. The van der Waals surface area contributed by atoms with Crippen LogP contribution < -0.4 is 5.73 Å². The zero-order chi connectivity index (χ0) is 20.5. The molecule has 152 valence electrons. The van der Waals surface area contributed by atoms with Crippen molar-refractivity contribution in [2.24, 2.45) is 11.7 Å². The van der Waals surface area contributed by atoms with Gasteiger partial charge in [0, 0.05) is 37.1 Å². The molecular weight excluding hydrogens is 377 g/mol. The second-order valence-corrected chi connectivity index (χ2v) is 6.63. The topological polar surface area (TPSA) is 113 Å². The molecular formula is C17H21F3N6O2. The van der Waals surface area contributed by atoms with Crippen molar-refractivity contribution in [2.75, 3.05) is 19.6 Å². The molecule has 4 rings (SSSR count). The summed E-state index contributed by atoms with van der Waals surface area (Å²) in [5.74, 6) is 0.481. The molecule has 3 aromatic rings. The van der Waals surface area contributed by atoms with Gasteiger partial charge in [0.15, 0.2) is 11.3 Å². The van der Waals surface area contributed by atoms with E-state index in [0.717, 1.165) is 28.9 Å². The van der Waals surface area contributed by atoms with Gasteiger partial charge >= 0.3 is 12.3 Å². The second-order valence-electron chi connectivity index (χ2n) is 6.63. The van der Waals surface area contributed by atoms with E-state index in [1.54, 1.807) is 6.20 Å². The van der Waals surface area contributed by atoms with Crippen LogP contribution >= 0.6 is 0 Å². The number of alkyl halides is 3. The average Bonchev–Trinajstić information content (AvgIpc) is 3.37. The van der Waals surface area contributed by atoms with Gasteiger partial charge in [0.1, 0.15) is 0 Å². The number of fused-ring (bicyclic) bond motifs is 3. The Kier molecular flexibility index (Phi) is 5.45. The van der Waals surface area contributed by atoms with Gasteiger partial charge in [-0.3, -0.25) is 4.40 Å². The molecule has 0 saturated carbocycles. The smallest absolute Gasteiger partial charge is 0.407 e. The van der Waals surface area contributed by atoms with E-state index < -0.39 is 18.8 Å². The largest absolute Gasteiger partial charge is 0.465 e. The fourth-order valence-corrected chi connectivity index (χ4v) is 3.53. The van der Waals surface area contributed by atoms with Gasteiger partial charge in [-0.25, -0.2) is 14.8 Å². The van der Waals surface area contributed by atoms with E-state index in [2.05, 4.69) is 32.0 Å². The second kappa shape index (κ2) is 7.66. The van der Waals surface area contributed by atoms with E-state index >= 15 is 0 Å². The summed E-state index contributed by atoms with van der Waals surface area (Å²) in [5, 5.41) is 9.28. The Morgan fingerprint density at radius 3 is 2.68 bits per heavy atom. The molecule has 8 nitrogen and oxygen atoms in total. The first kappa shape index (κ1) is 19.9. The molecule has 0 unspecified atom stereocenters. The minimum absolute atomic E-state index is 0.164. The molecule has 0 aliphatic carbocycles. The Balaban J connectivity index is 0.000000330. The standard InChI is InChI=1S/C15H17N5O2.C2H4F3N/c1-2-9-7-19(15(21)22)8-10(9)12-5-17-13-6-18-14-11(20(12)13)3-4-16-14;3-2(4,5)1-6/h3-6,9-10,16H,2,7-8H2,1H3,(H,21,22);1,6H2/t9-,10+;/m1./s1. The van der Waals surface area contributed by atoms with Crippen molar-refractivity contribution in [1.82, 2.24) is 24.3 Å². The number of hydrogen-bond acceptors (Lipinski definition) is 4. The highest BCUT2D eigenvalue weighted by atomic mass is 19.4. The summed E-state index contributed by atoms with van der Waals surface area (Å²) in [5.41, 5.74) is 7.84. The molecule has 0 aromatic carbocycles. The quantitative estimate of drug-likeness (QED) is 0.614. The molecule has 2 atom stereocenters. The Labute approximate surface area is 158 Å². The zero-order valence-corrected chi connectivity index (χ0v) is 15.1. The van der Waals surface area contributed by atoms with Gasteiger partial charge < -0.3 is 20.7 Å². The molecule has 1 fully saturated rings. The van der Waals surface area contributed by atoms with E-state index in [1.165, 1.54) is 4.90 Å². The first-order chi connectivity index (χ1) is 13.2. The van der Waals surface area contributed by atoms with Crippen molar-refractivity contribution in [1.29, 1.82) is 0 Å². The number of imidazole rings is 1. The van der Waals surface area contributed by atoms with Crippen molar-refractivity contribution >= 4 is 22.9 Å². The van der Waals surface area contributed by atoms with Crippen LogP contribution in [0.1, 0.15) is 25.0 Å². The van der Waals surface area contributed by atoms with E-state index in [-0.39, 0.29) is 5.92 Å². The van der Waals surface area contributed by atoms with Crippen molar-refractivity contribution < 1.29 is 23.1 Å². The lowest BCUT2D eigenvalue weighted by molar-refractivity contribution is -0.118. The van der Waals surface area contributed by atoms with E-state index in [0.29, 0.717) is 19.0 Å². The number of carboxylic acid groups (broad SMARTS) is 1. The maximum atomic E-state index is 11.3. The summed E-state index contributed by atoms with van der Waals surface area (Å²) in [6.07, 6.45) is 1.39. The number of nitrogens with zero attached hydrogens (tertiary/aromatic N) is 4. The summed E-state index contributed by atoms with van der Waals surface area (Å²) >= 11 is 0. The van der Waals surface area contributed by atoms with Crippen LogP contribution in [0.15, 0.2) is 24.7 Å². The summed E-state index contributed by atoms with van der Waals surface area (Å²) in [6, 6.07) is 1.98. The van der Waals surface area contributed by atoms with Crippen molar-refractivity contribution in [3.8, 4) is 0 Å². The first-order valence-corrected chi connectivity index (χ1v) is 8.79. The zero-order valence-electron chi connectivity index (χ0n) is 15.1. The number of rotatable bonds is 2. The number of nitrogens with one attached hydrogen (secondary N) is 1. The van der Waals surface area contributed by atoms with Crippen molar-refractivity contribution in [3.63, 3.8) is 0 Å². The number of likely N-dealkylation sites (tertiary alicyclic amines) is 1. The Morgan fingerprint density at radius 2 is 2.07 bits per heavy atom. The molecule has 0 spiro atoms. The minimum atomic E-state index is -4.18. The van der Waals surface area contributed by atoms with Gasteiger partial charge in [-0.05, 0) is 12.0 Å². The van der Waals surface area contributed by atoms with E-state index in [9.17, 15) is 23.1 Å². The molecule has 0 radical (unpaired) electrons. The maximum Gasteiger partial charge on any atom is 0.407 e. The van der Waals surface area contributed by atoms with Gasteiger partial charge in [-0.1, -0.05) is 13.3 Å². The molecule has 4 heterocycles. The lowest BCUT2D eigenvalue weighted by Gasteiger charge is -2.16. The first-order valence-electron chi connectivity index (χ1n) is 8.79. The number of halogens is 3. The average molecular weight is 398 g/mol. The number of amides is 1. The number of nitrogens with two attached hydrogens (primary N) is 1. The van der Waals surface area contributed by atoms with Gasteiger partial charge in [0.25, 0.3) is 0 Å². The summed E-state index contributed by atoms with van der Waals surface area (Å²) < 4.78 is 34.1. The summed E-state index contributed by atoms with van der Waals surface area (Å²) in [6.45, 7) is 1.99. The lowest BCUT2D eigenvalue weighted by atomic mass is 9.91. The van der Waals surface area contributed by atoms with Crippen LogP contribution in [0.3, 0.4) is 0 Å². The molecule has 28 heavy (non-hydrogen) atoms. The molecule has 1 saturated heterocycles. The van der Waals surface area contributed by atoms with Gasteiger partial charge in [0.05, 0.1) is 18.3 Å². The third kappa shape index (κ3) is 3.88. The lowest BCUT2D eigenvalue weighted by Crippen LogP contribution is -2.26. The van der Waals surface area contributed by atoms with E-state index in [1.807, 2.05) is 18.5 Å². The van der Waals surface area contributed by atoms with Crippen LogP contribution in [0.4, 0.5) is 18.0 Å². The van der Waals surface area contributed by atoms with Crippen LogP contribution in [0, 0.1) is 5.92 Å². The summed E-state index contributed by atoms with van der Waals surface area (Å²) in [7, 11) is 0. The summed E-state index contributed by atoms with van der Waals surface area (Å²) in [4.78, 5) is 24.7. The highest BCUT2D eigenvalue weighted by Gasteiger charge is 2.37. The van der Waals surface area contributed by atoms with Crippen LogP contribution in [-0.2, 0) is 0 Å².